The zero-order chi connectivity index (χ0) is 13.6. The number of hydrogen-bond acceptors (Lipinski definition) is 1. The summed E-state index contributed by atoms with van der Waals surface area (Å²) < 4.78 is 37.4. The Hall–Kier alpha value is -1.03. The van der Waals surface area contributed by atoms with Gasteiger partial charge in [-0.1, -0.05) is 25.0 Å². The van der Waals surface area contributed by atoms with Crippen LogP contribution in [0.25, 0.3) is 0 Å². The van der Waals surface area contributed by atoms with Crippen LogP contribution < -0.4 is 0 Å². The fourth-order valence-electron chi connectivity index (χ4n) is 3.61. The molecule has 3 atom stereocenters. The lowest BCUT2D eigenvalue weighted by Crippen LogP contribution is -2.07. The van der Waals surface area contributed by atoms with Crippen molar-refractivity contribution in [2.75, 3.05) is 0 Å². The fourth-order valence-corrected chi connectivity index (χ4v) is 3.61. The van der Waals surface area contributed by atoms with Crippen LogP contribution in [0.4, 0.5) is 13.2 Å². The molecule has 1 N–H and O–H groups in total. The number of rotatable bonds is 2. The van der Waals surface area contributed by atoms with Crippen molar-refractivity contribution in [3.8, 4) is 0 Å². The third-order valence-electron chi connectivity index (χ3n) is 4.67. The van der Waals surface area contributed by atoms with Gasteiger partial charge in [-0.15, -0.1) is 0 Å². The highest BCUT2D eigenvalue weighted by Gasteiger charge is 2.54. The zero-order valence-corrected chi connectivity index (χ0v) is 10.5. The molecule has 0 aromatic heterocycles. The van der Waals surface area contributed by atoms with Crippen LogP contribution in [0.15, 0.2) is 24.3 Å². The first-order valence-corrected chi connectivity index (χ1v) is 6.84. The maximum Gasteiger partial charge on any atom is 0.416 e. The summed E-state index contributed by atoms with van der Waals surface area (Å²) in [5.41, 5.74) is -0.0379. The molecule has 1 aromatic carbocycles. The lowest BCUT2D eigenvalue weighted by atomic mass is 10.0. The van der Waals surface area contributed by atoms with E-state index < -0.39 is 17.8 Å². The van der Waals surface area contributed by atoms with E-state index in [1.807, 2.05) is 0 Å². The molecule has 1 nitrogen and oxygen atoms in total. The monoisotopic (exact) mass is 270 g/mol. The molecule has 2 fully saturated rings. The van der Waals surface area contributed by atoms with E-state index >= 15 is 0 Å². The minimum absolute atomic E-state index is 0.263. The van der Waals surface area contributed by atoms with Crippen molar-refractivity contribution in [2.24, 2.45) is 17.8 Å². The maximum absolute atomic E-state index is 12.5. The maximum atomic E-state index is 12.5. The van der Waals surface area contributed by atoms with Crippen LogP contribution in [-0.2, 0) is 6.18 Å². The SMILES string of the molecule is OC(c1ccc(C(F)(F)F)cc1)C1C2CCCCC21. The van der Waals surface area contributed by atoms with E-state index in [0.717, 1.165) is 25.0 Å². The molecule has 2 aliphatic carbocycles. The topological polar surface area (TPSA) is 20.2 Å². The van der Waals surface area contributed by atoms with E-state index in [-0.39, 0.29) is 5.92 Å². The van der Waals surface area contributed by atoms with E-state index in [0.29, 0.717) is 17.4 Å². The van der Waals surface area contributed by atoms with Crippen LogP contribution in [0, 0.1) is 17.8 Å². The summed E-state index contributed by atoms with van der Waals surface area (Å²) in [5, 5.41) is 10.3. The Morgan fingerprint density at radius 3 is 2.00 bits per heavy atom. The first kappa shape index (κ1) is 13.0. The lowest BCUT2D eigenvalue weighted by molar-refractivity contribution is -0.137. The van der Waals surface area contributed by atoms with Crippen LogP contribution in [-0.4, -0.2) is 5.11 Å². The van der Waals surface area contributed by atoms with Gasteiger partial charge in [0.2, 0.25) is 0 Å². The Bertz CT molecular complexity index is 439. The second-order valence-electron chi connectivity index (χ2n) is 5.75. The van der Waals surface area contributed by atoms with Gasteiger partial charge >= 0.3 is 6.18 Å². The molecule has 0 heterocycles. The number of alkyl halides is 3. The van der Waals surface area contributed by atoms with Crippen LogP contribution in [0.5, 0.6) is 0 Å². The molecular formula is C15H17F3O. The van der Waals surface area contributed by atoms with Crippen LogP contribution >= 0.6 is 0 Å². The lowest BCUT2D eigenvalue weighted by Gasteiger charge is -2.12. The van der Waals surface area contributed by atoms with Crippen molar-refractivity contribution in [2.45, 2.75) is 38.0 Å². The molecular weight excluding hydrogens is 253 g/mol. The predicted molar refractivity (Wildman–Crippen MR) is 65.3 cm³/mol. The molecule has 104 valence electrons. The van der Waals surface area contributed by atoms with E-state index in [1.165, 1.54) is 25.0 Å². The van der Waals surface area contributed by atoms with Crippen molar-refractivity contribution >= 4 is 0 Å². The number of benzene rings is 1. The number of halogens is 3. The summed E-state index contributed by atoms with van der Waals surface area (Å²) in [4.78, 5) is 0. The molecule has 1 aromatic rings. The van der Waals surface area contributed by atoms with Gasteiger partial charge in [-0.05, 0) is 48.3 Å². The average molecular weight is 270 g/mol. The Balaban J connectivity index is 1.72. The van der Waals surface area contributed by atoms with E-state index in [1.54, 1.807) is 0 Å². The summed E-state index contributed by atoms with van der Waals surface area (Å²) >= 11 is 0. The van der Waals surface area contributed by atoms with Gasteiger partial charge < -0.3 is 5.11 Å². The van der Waals surface area contributed by atoms with Crippen molar-refractivity contribution in [1.29, 1.82) is 0 Å². The molecule has 0 aliphatic heterocycles. The normalized spacial score (nSPS) is 31.7. The van der Waals surface area contributed by atoms with Crippen LogP contribution in [0.1, 0.15) is 42.9 Å². The van der Waals surface area contributed by atoms with E-state index in [2.05, 4.69) is 0 Å². The van der Waals surface area contributed by atoms with Gasteiger partial charge in [-0.3, -0.25) is 0 Å². The molecule has 2 saturated carbocycles. The smallest absolute Gasteiger partial charge is 0.388 e. The highest BCUT2D eigenvalue weighted by Crippen LogP contribution is 2.60. The van der Waals surface area contributed by atoms with Crippen molar-refractivity contribution in [3.63, 3.8) is 0 Å². The summed E-state index contributed by atoms with van der Waals surface area (Å²) in [6.45, 7) is 0. The number of fused-ring (bicyclic) bond motifs is 1. The van der Waals surface area contributed by atoms with Gasteiger partial charge in [-0.25, -0.2) is 0 Å². The third-order valence-corrected chi connectivity index (χ3v) is 4.67. The van der Waals surface area contributed by atoms with Gasteiger partial charge in [0.1, 0.15) is 0 Å². The van der Waals surface area contributed by atoms with Gasteiger partial charge in [0.05, 0.1) is 11.7 Å². The molecule has 0 bridgehead atoms. The largest absolute Gasteiger partial charge is 0.416 e. The van der Waals surface area contributed by atoms with Crippen LogP contribution in [0.2, 0.25) is 0 Å². The van der Waals surface area contributed by atoms with E-state index in [4.69, 9.17) is 0 Å². The minimum atomic E-state index is -4.31. The van der Waals surface area contributed by atoms with Gasteiger partial charge in [0.25, 0.3) is 0 Å². The zero-order valence-electron chi connectivity index (χ0n) is 10.5. The third kappa shape index (κ3) is 2.38. The molecule has 0 spiro atoms. The molecule has 0 radical (unpaired) electrons. The molecule has 3 unspecified atom stereocenters. The molecule has 0 amide bonds. The second-order valence-corrected chi connectivity index (χ2v) is 5.75. The summed E-state index contributed by atoms with van der Waals surface area (Å²) in [6, 6.07) is 4.95. The quantitative estimate of drug-likeness (QED) is 0.855. The van der Waals surface area contributed by atoms with Crippen molar-refractivity contribution in [1.82, 2.24) is 0 Å². The number of aliphatic hydroxyl groups excluding tert-OH is 1. The van der Waals surface area contributed by atoms with Gasteiger partial charge in [0.15, 0.2) is 0 Å². The Kier molecular flexibility index (Phi) is 3.08. The van der Waals surface area contributed by atoms with Crippen molar-refractivity contribution in [3.05, 3.63) is 35.4 Å². The standard InChI is InChI=1S/C15H17F3O/c16-15(17,18)10-7-5-9(6-8-10)14(19)13-11-3-1-2-4-12(11)13/h5-8,11-14,19H,1-4H2. The second kappa shape index (κ2) is 4.51. The highest BCUT2D eigenvalue weighted by molar-refractivity contribution is 5.27. The molecule has 3 rings (SSSR count). The molecule has 19 heavy (non-hydrogen) atoms. The first-order valence-electron chi connectivity index (χ1n) is 6.84. The molecule has 0 saturated heterocycles. The fraction of sp³-hybridized carbons (Fsp3) is 0.600. The summed E-state index contributed by atoms with van der Waals surface area (Å²) in [5.74, 6) is 1.44. The Morgan fingerprint density at radius 2 is 1.53 bits per heavy atom. The van der Waals surface area contributed by atoms with E-state index in [9.17, 15) is 18.3 Å². The number of hydrogen-bond donors (Lipinski definition) is 1. The average Bonchev–Trinajstić information content (AvgIpc) is 3.11. The van der Waals surface area contributed by atoms with Crippen LogP contribution in [0.3, 0.4) is 0 Å². The summed E-state index contributed by atoms with van der Waals surface area (Å²) in [6.07, 6.45) is -0.151. The first-order chi connectivity index (χ1) is 8.98. The molecule has 4 heteroatoms. The van der Waals surface area contributed by atoms with Gasteiger partial charge in [0, 0.05) is 0 Å². The molecule has 2 aliphatic rings. The highest BCUT2D eigenvalue weighted by atomic mass is 19.4. The summed E-state index contributed by atoms with van der Waals surface area (Å²) in [7, 11) is 0. The van der Waals surface area contributed by atoms with Crippen molar-refractivity contribution < 1.29 is 18.3 Å². The minimum Gasteiger partial charge on any atom is -0.388 e. The number of aliphatic hydroxyl groups is 1. The Labute approximate surface area is 110 Å². The predicted octanol–water partition coefficient (Wildman–Crippen LogP) is 4.18. The Morgan fingerprint density at radius 1 is 1.00 bits per heavy atom. The van der Waals surface area contributed by atoms with Gasteiger partial charge in [-0.2, -0.15) is 13.2 Å².